The number of benzene rings is 1. The minimum atomic E-state index is 0.226. The maximum Gasteiger partial charge on any atom is 0.224 e. The van der Waals surface area contributed by atoms with Crippen molar-refractivity contribution in [2.45, 2.75) is 39.2 Å². The molecule has 5 heteroatoms. The molecular weight excluding hydrogens is 288 g/mol. The second-order valence-electron chi connectivity index (χ2n) is 6.77. The van der Waals surface area contributed by atoms with Crippen molar-refractivity contribution in [1.29, 1.82) is 0 Å². The summed E-state index contributed by atoms with van der Waals surface area (Å²) in [4.78, 5) is 18.3. The molecule has 1 aromatic heterocycles. The third kappa shape index (κ3) is 4.18. The molecule has 1 atom stereocenters. The van der Waals surface area contributed by atoms with Crippen LogP contribution in [0.3, 0.4) is 0 Å². The van der Waals surface area contributed by atoms with Gasteiger partial charge in [-0.2, -0.15) is 5.10 Å². The molecule has 0 spiro atoms. The summed E-state index contributed by atoms with van der Waals surface area (Å²) in [6.45, 7) is 4.66. The van der Waals surface area contributed by atoms with E-state index in [4.69, 9.17) is 0 Å². The van der Waals surface area contributed by atoms with Gasteiger partial charge in [-0.15, -0.1) is 0 Å². The van der Waals surface area contributed by atoms with E-state index in [1.165, 1.54) is 11.9 Å². The Morgan fingerprint density at radius 1 is 1.30 bits per heavy atom. The van der Waals surface area contributed by atoms with Crippen LogP contribution in [0.5, 0.6) is 0 Å². The molecule has 1 amide bonds. The van der Waals surface area contributed by atoms with Crippen LogP contribution in [0.1, 0.15) is 31.7 Å². The van der Waals surface area contributed by atoms with Gasteiger partial charge < -0.3 is 4.90 Å². The zero-order chi connectivity index (χ0) is 16.1. The molecule has 23 heavy (non-hydrogen) atoms. The SMILES string of the molecule is CC1(CCc2ccccc2)CCN(C(=O)CCn2cncn2)C1. The lowest BCUT2D eigenvalue weighted by molar-refractivity contribution is -0.130. The van der Waals surface area contributed by atoms with Gasteiger partial charge in [0.05, 0.1) is 6.54 Å². The summed E-state index contributed by atoms with van der Waals surface area (Å²) in [7, 11) is 0. The molecule has 0 saturated carbocycles. The molecule has 1 aliphatic rings. The van der Waals surface area contributed by atoms with Crippen molar-refractivity contribution in [2.24, 2.45) is 5.41 Å². The lowest BCUT2D eigenvalue weighted by atomic mass is 9.83. The molecule has 1 saturated heterocycles. The number of nitrogens with zero attached hydrogens (tertiary/aromatic N) is 4. The highest BCUT2D eigenvalue weighted by atomic mass is 16.2. The van der Waals surface area contributed by atoms with Crippen LogP contribution in [0, 0.1) is 5.41 Å². The van der Waals surface area contributed by atoms with E-state index in [2.05, 4.69) is 47.3 Å². The number of rotatable bonds is 6. The first kappa shape index (κ1) is 15.7. The second kappa shape index (κ2) is 6.94. The first-order valence-corrected chi connectivity index (χ1v) is 8.29. The summed E-state index contributed by atoms with van der Waals surface area (Å²) in [6, 6.07) is 10.6. The van der Waals surface area contributed by atoms with Gasteiger partial charge in [0.2, 0.25) is 5.91 Å². The standard InChI is InChI=1S/C18H24N4O/c1-18(9-7-16-5-3-2-4-6-16)10-12-21(13-18)17(23)8-11-22-15-19-14-20-22/h2-6,14-15H,7-13H2,1H3. The average molecular weight is 312 g/mol. The second-order valence-corrected chi connectivity index (χ2v) is 6.77. The van der Waals surface area contributed by atoms with Crippen LogP contribution in [0.4, 0.5) is 0 Å². The molecule has 3 rings (SSSR count). The maximum atomic E-state index is 12.4. The molecule has 1 unspecified atom stereocenters. The largest absolute Gasteiger partial charge is 0.342 e. The van der Waals surface area contributed by atoms with E-state index in [1.54, 1.807) is 11.0 Å². The Hall–Kier alpha value is -2.17. The molecular formula is C18H24N4O. The van der Waals surface area contributed by atoms with E-state index in [0.29, 0.717) is 13.0 Å². The predicted molar refractivity (Wildman–Crippen MR) is 88.7 cm³/mol. The minimum absolute atomic E-state index is 0.226. The van der Waals surface area contributed by atoms with E-state index in [1.807, 2.05) is 4.90 Å². The molecule has 2 heterocycles. The molecule has 1 aliphatic heterocycles. The molecule has 2 aromatic rings. The third-order valence-electron chi connectivity index (χ3n) is 4.79. The van der Waals surface area contributed by atoms with E-state index >= 15 is 0 Å². The number of carbonyl (C=O) groups excluding carboxylic acids is 1. The Bertz CT molecular complexity index is 626. The molecule has 122 valence electrons. The number of amides is 1. The van der Waals surface area contributed by atoms with E-state index in [0.717, 1.165) is 32.4 Å². The number of aryl methyl sites for hydroxylation is 2. The zero-order valence-electron chi connectivity index (χ0n) is 13.7. The fourth-order valence-electron chi connectivity index (χ4n) is 3.25. The summed E-state index contributed by atoms with van der Waals surface area (Å²) in [5.74, 6) is 0.226. The van der Waals surface area contributed by atoms with Crippen molar-refractivity contribution >= 4 is 5.91 Å². The van der Waals surface area contributed by atoms with Crippen LogP contribution in [-0.4, -0.2) is 38.7 Å². The smallest absolute Gasteiger partial charge is 0.224 e. The monoisotopic (exact) mass is 312 g/mol. The molecule has 1 fully saturated rings. The summed E-state index contributed by atoms with van der Waals surface area (Å²) >= 11 is 0. The van der Waals surface area contributed by atoms with Crippen molar-refractivity contribution in [3.63, 3.8) is 0 Å². The predicted octanol–water partition coefficient (Wildman–Crippen LogP) is 2.54. The molecule has 0 aliphatic carbocycles. The lowest BCUT2D eigenvalue weighted by Gasteiger charge is -2.24. The Labute approximate surface area is 137 Å². The van der Waals surface area contributed by atoms with Crippen molar-refractivity contribution in [3.8, 4) is 0 Å². The van der Waals surface area contributed by atoms with Crippen LogP contribution in [0.15, 0.2) is 43.0 Å². The Kier molecular flexibility index (Phi) is 4.74. The summed E-state index contributed by atoms with van der Waals surface area (Å²) in [5, 5.41) is 4.04. The minimum Gasteiger partial charge on any atom is -0.342 e. The number of hydrogen-bond donors (Lipinski definition) is 0. The highest BCUT2D eigenvalue weighted by Crippen LogP contribution is 2.34. The van der Waals surface area contributed by atoms with Gasteiger partial charge in [-0.05, 0) is 30.2 Å². The summed E-state index contributed by atoms with van der Waals surface area (Å²) in [5.41, 5.74) is 1.61. The van der Waals surface area contributed by atoms with Crippen molar-refractivity contribution < 1.29 is 4.79 Å². The third-order valence-corrected chi connectivity index (χ3v) is 4.79. The van der Waals surface area contributed by atoms with Crippen LogP contribution >= 0.6 is 0 Å². The first-order valence-electron chi connectivity index (χ1n) is 8.29. The Morgan fingerprint density at radius 2 is 2.13 bits per heavy atom. The van der Waals surface area contributed by atoms with Gasteiger partial charge in [-0.1, -0.05) is 37.3 Å². The highest BCUT2D eigenvalue weighted by molar-refractivity contribution is 5.76. The van der Waals surface area contributed by atoms with Crippen LogP contribution < -0.4 is 0 Å². The maximum absolute atomic E-state index is 12.4. The molecule has 0 radical (unpaired) electrons. The quantitative estimate of drug-likeness (QED) is 0.823. The number of hydrogen-bond acceptors (Lipinski definition) is 3. The molecule has 0 bridgehead atoms. The lowest BCUT2D eigenvalue weighted by Crippen LogP contribution is -2.31. The number of likely N-dealkylation sites (tertiary alicyclic amines) is 1. The molecule has 5 nitrogen and oxygen atoms in total. The van der Waals surface area contributed by atoms with Crippen LogP contribution in [0.2, 0.25) is 0 Å². The van der Waals surface area contributed by atoms with Crippen LogP contribution in [-0.2, 0) is 17.8 Å². The van der Waals surface area contributed by atoms with Crippen LogP contribution in [0.25, 0.3) is 0 Å². The molecule has 1 aromatic carbocycles. The van der Waals surface area contributed by atoms with Gasteiger partial charge in [0.25, 0.3) is 0 Å². The molecule has 0 N–H and O–H groups in total. The zero-order valence-corrected chi connectivity index (χ0v) is 13.7. The van der Waals surface area contributed by atoms with Gasteiger partial charge in [-0.25, -0.2) is 4.98 Å². The van der Waals surface area contributed by atoms with E-state index < -0.39 is 0 Å². The fourth-order valence-corrected chi connectivity index (χ4v) is 3.25. The summed E-state index contributed by atoms with van der Waals surface area (Å²) in [6.07, 6.45) is 6.96. The topological polar surface area (TPSA) is 51.0 Å². The van der Waals surface area contributed by atoms with Gasteiger partial charge >= 0.3 is 0 Å². The summed E-state index contributed by atoms with van der Waals surface area (Å²) < 4.78 is 1.71. The average Bonchev–Trinajstić information content (AvgIpc) is 3.22. The van der Waals surface area contributed by atoms with E-state index in [-0.39, 0.29) is 11.3 Å². The van der Waals surface area contributed by atoms with Gasteiger partial charge in [0, 0.05) is 19.5 Å². The van der Waals surface area contributed by atoms with Crippen molar-refractivity contribution in [2.75, 3.05) is 13.1 Å². The van der Waals surface area contributed by atoms with E-state index in [9.17, 15) is 4.79 Å². The normalized spacial score (nSPS) is 20.8. The van der Waals surface area contributed by atoms with Gasteiger partial charge in [0.1, 0.15) is 12.7 Å². The fraction of sp³-hybridized carbons (Fsp3) is 0.500. The first-order chi connectivity index (χ1) is 11.1. The Morgan fingerprint density at radius 3 is 2.87 bits per heavy atom. The van der Waals surface area contributed by atoms with Gasteiger partial charge in [0.15, 0.2) is 0 Å². The highest BCUT2D eigenvalue weighted by Gasteiger charge is 2.35. The Balaban J connectivity index is 1.47. The van der Waals surface area contributed by atoms with Gasteiger partial charge in [-0.3, -0.25) is 9.48 Å². The number of aromatic nitrogens is 3. The number of carbonyl (C=O) groups is 1. The van der Waals surface area contributed by atoms with Crippen molar-refractivity contribution in [3.05, 3.63) is 48.5 Å². The van der Waals surface area contributed by atoms with Crippen molar-refractivity contribution in [1.82, 2.24) is 19.7 Å².